The molecule has 0 aliphatic rings. The molecule has 58 valence electrons. The summed E-state index contributed by atoms with van der Waals surface area (Å²) < 4.78 is 0.519. The van der Waals surface area contributed by atoms with Gasteiger partial charge < -0.3 is 10.9 Å². The number of pyridine rings is 1. The molecule has 0 aliphatic heterocycles. The Balaban J connectivity index is 2.86. The molecular formula is C6H7N3O2. The van der Waals surface area contributed by atoms with Crippen molar-refractivity contribution in [3.05, 3.63) is 29.6 Å². The second-order valence-corrected chi connectivity index (χ2v) is 1.90. The molecule has 1 aromatic heterocycles. The highest BCUT2D eigenvalue weighted by atomic mass is 16.5. The predicted octanol–water partition coefficient (Wildman–Crippen LogP) is -0.189. The molecule has 1 rings (SSSR count). The van der Waals surface area contributed by atoms with E-state index in [-0.39, 0.29) is 5.82 Å². The molecule has 1 aromatic rings. The number of carbonyl (C=O) groups excluding carboxylic acids is 1. The maximum Gasteiger partial charge on any atom is 0.404 e. The summed E-state index contributed by atoms with van der Waals surface area (Å²) in [4.78, 5) is 10.3. The molecule has 0 radical (unpaired) electrons. The number of primary amides is 1. The number of carbonyl (C=O) groups is 1. The maximum absolute atomic E-state index is 10.8. The van der Waals surface area contributed by atoms with Crippen LogP contribution in [0.15, 0.2) is 24.4 Å². The molecule has 0 saturated heterocycles. The fourth-order valence-corrected chi connectivity index (χ4v) is 0.651. The summed E-state index contributed by atoms with van der Waals surface area (Å²) in [5, 5.41) is 13.0. The van der Waals surface area contributed by atoms with Crippen LogP contribution in [-0.2, 0) is 0 Å². The summed E-state index contributed by atoms with van der Waals surface area (Å²) in [6.45, 7) is 0. The van der Waals surface area contributed by atoms with Gasteiger partial charge >= 0.3 is 6.03 Å². The minimum Gasteiger partial charge on any atom is -0.711 e. The van der Waals surface area contributed by atoms with Gasteiger partial charge in [0.25, 0.3) is 5.82 Å². The largest absolute Gasteiger partial charge is 0.711 e. The highest BCUT2D eigenvalue weighted by Gasteiger charge is 2.04. The van der Waals surface area contributed by atoms with Crippen molar-refractivity contribution in [2.75, 3.05) is 5.32 Å². The molecule has 11 heavy (non-hydrogen) atoms. The zero-order chi connectivity index (χ0) is 8.27. The van der Waals surface area contributed by atoms with E-state index in [1.165, 1.54) is 12.3 Å². The van der Waals surface area contributed by atoms with E-state index < -0.39 is 6.03 Å². The van der Waals surface area contributed by atoms with E-state index in [9.17, 15) is 10.0 Å². The van der Waals surface area contributed by atoms with Crippen molar-refractivity contribution in [1.82, 2.24) is 0 Å². The Morgan fingerprint density at radius 1 is 1.64 bits per heavy atom. The van der Waals surface area contributed by atoms with Crippen LogP contribution < -0.4 is 15.8 Å². The molecule has 0 atom stereocenters. The number of hydrogen-bond acceptors (Lipinski definition) is 2. The van der Waals surface area contributed by atoms with Crippen LogP contribution in [0.25, 0.3) is 0 Å². The third kappa shape index (κ3) is 1.82. The van der Waals surface area contributed by atoms with Crippen LogP contribution in [0.5, 0.6) is 0 Å². The monoisotopic (exact) mass is 153 g/mol. The SMILES string of the molecule is NC(=O)Nc1cccc[n+]1[O-]. The Morgan fingerprint density at radius 3 is 2.91 bits per heavy atom. The molecule has 0 spiro atoms. The number of nitrogens with one attached hydrogen (secondary N) is 1. The minimum atomic E-state index is -0.749. The third-order valence-corrected chi connectivity index (χ3v) is 1.08. The van der Waals surface area contributed by atoms with Gasteiger partial charge in [-0.15, -0.1) is 0 Å². The van der Waals surface area contributed by atoms with Crippen molar-refractivity contribution >= 4 is 11.8 Å². The van der Waals surface area contributed by atoms with Crippen molar-refractivity contribution in [2.45, 2.75) is 0 Å². The van der Waals surface area contributed by atoms with Gasteiger partial charge in [-0.05, 0) is 6.07 Å². The number of nitrogens with zero attached hydrogens (tertiary/aromatic N) is 1. The van der Waals surface area contributed by atoms with Crippen molar-refractivity contribution in [2.24, 2.45) is 5.73 Å². The first-order valence-electron chi connectivity index (χ1n) is 2.95. The van der Waals surface area contributed by atoms with E-state index in [4.69, 9.17) is 5.73 Å². The predicted molar refractivity (Wildman–Crippen MR) is 38.6 cm³/mol. The quantitative estimate of drug-likeness (QED) is 0.433. The molecule has 5 heteroatoms. The molecule has 0 aromatic carbocycles. The lowest BCUT2D eigenvalue weighted by molar-refractivity contribution is -0.590. The molecule has 0 bridgehead atoms. The number of anilines is 1. The summed E-state index contributed by atoms with van der Waals surface area (Å²) in [6.07, 6.45) is 1.27. The van der Waals surface area contributed by atoms with Crippen molar-refractivity contribution in [1.29, 1.82) is 0 Å². The van der Waals surface area contributed by atoms with Gasteiger partial charge in [-0.25, -0.2) is 9.52 Å². The number of amides is 2. The zero-order valence-corrected chi connectivity index (χ0v) is 5.65. The molecule has 0 aliphatic carbocycles. The number of urea groups is 1. The maximum atomic E-state index is 10.8. The topological polar surface area (TPSA) is 82.1 Å². The average Bonchev–Trinajstić information content (AvgIpc) is 1.93. The van der Waals surface area contributed by atoms with Crippen LogP contribution in [0.4, 0.5) is 10.6 Å². The van der Waals surface area contributed by atoms with Crippen molar-refractivity contribution < 1.29 is 9.52 Å². The van der Waals surface area contributed by atoms with E-state index in [0.29, 0.717) is 4.73 Å². The summed E-state index contributed by atoms with van der Waals surface area (Å²) in [5.41, 5.74) is 4.79. The van der Waals surface area contributed by atoms with Gasteiger partial charge in [-0.2, -0.15) is 5.32 Å². The first kappa shape index (κ1) is 7.33. The Bertz CT molecular complexity index is 274. The second kappa shape index (κ2) is 2.87. The summed E-state index contributed by atoms with van der Waals surface area (Å²) >= 11 is 0. The second-order valence-electron chi connectivity index (χ2n) is 1.90. The number of aromatic nitrogens is 1. The molecule has 3 N–H and O–H groups in total. The van der Waals surface area contributed by atoms with E-state index >= 15 is 0 Å². The Hall–Kier alpha value is -1.78. The van der Waals surface area contributed by atoms with Crippen molar-refractivity contribution in [3.8, 4) is 0 Å². The van der Waals surface area contributed by atoms with Gasteiger partial charge in [0.05, 0.1) is 6.20 Å². The lowest BCUT2D eigenvalue weighted by Crippen LogP contribution is -2.33. The molecule has 0 fully saturated rings. The smallest absolute Gasteiger partial charge is 0.404 e. The minimum absolute atomic E-state index is 0.125. The van der Waals surface area contributed by atoms with E-state index in [1.807, 2.05) is 0 Å². The van der Waals surface area contributed by atoms with Crippen LogP contribution in [0.1, 0.15) is 0 Å². The van der Waals surface area contributed by atoms with Gasteiger partial charge in [-0.3, -0.25) is 0 Å². The van der Waals surface area contributed by atoms with E-state index in [0.717, 1.165) is 0 Å². The van der Waals surface area contributed by atoms with Gasteiger partial charge in [-0.1, -0.05) is 6.07 Å². The number of hydrogen-bond donors (Lipinski definition) is 2. The summed E-state index contributed by atoms with van der Waals surface area (Å²) in [5.74, 6) is 0.125. The Labute approximate surface area is 63.0 Å². The summed E-state index contributed by atoms with van der Waals surface area (Å²) in [6, 6.07) is 3.89. The van der Waals surface area contributed by atoms with Crippen LogP contribution in [0.2, 0.25) is 0 Å². The van der Waals surface area contributed by atoms with Crippen LogP contribution in [-0.4, -0.2) is 6.03 Å². The zero-order valence-electron chi connectivity index (χ0n) is 5.65. The molecule has 0 saturated carbocycles. The van der Waals surface area contributed by atoms with Gasteiger partial charge in [0, 0.05) is 6.07 Å². The standard InChI is InChI=1S/C6H7N3O2/c7-6(10)8-5-3-1-2-4-9(5)11/h1-4H,(H3,7,8,10). The van der Waals surface area contributed by atoms with Crippen LogP contribution in [0.3, 0.4) is 0 Å². The van der Waals surface area contributed by atoms with E-state index in [1.54, 1.807) is 12.1 Å². The number of nitrogens with two attached hydrogens (primary N) is 1. The molecule has 5 nitrogen and oxygen atoms in total. The molecule has 0 unspecified atom stereocenters. The Morgan fingerprint density at radius 2 is 2.36 bits per heavy atom. The Kier molecular flexibility index (Phi) is 1.91. The summed E-state index contributed by atoms with van der Waals surface area (Å²) in [7, 11) is 0. The highest BCUT2D eigenvalue weighted by molar-refractivity contribution is 5.85. The normalized spacial score (nSPS) is 9.09. The third-order valence-electron chi connectivity index (χ3n) is 1.08. The first-order valence-corrected chi connectivity index (χ1v) is 2.95. The lowest BCUT2D eigenvalue weighted by Gasteiger charge is -2.04. The average molecular weight is 153 g/mol. The lowest BCUT2D eigenvalue weighted by atomic mass is 10.5. The van der Waals surface area contributed by atoms with Gasteiger partial charge in [0.1, 0.15) is 0 Å². The van der Waals surface area contributed by atoms with Gasteiger partial charge in [0.2, 0.25) is 0 Å². The van der Waals surface area contributed by atoms with Crippen LogP contribution >= 0.6 is 0 Å². The first-order chi connectivity index (χ1) is 5.20. The highest BCUT2D eigenvalue weighted by Crippen LogP contribution is 1.95. The van der Waals surface area contributed by atoms with Gasteiger partial charge in [0.15, 0.2) is 0 Å². The molecule has 2 amide bonds. The van der Waals surface area contributed by atoms with Crippen LogP contribution in [0, 0.1) is 5.21 Å². The number of rotatable bonds is 1. The van der Waals surface area contributed by atoms with E-state index in [2.05, 4.69) is 5.32 Å². The molecular weight excluding hydrogens is 146 g/mol. The van der Waals surface area contributed by atoms with Crippen molar-refractivity contribution in [3.63, 3.8) is 0 Å². The fraction of sp³-hybridized carbons (Fsp3) is 0. The fourth-order valence-electron chi connectivity index (χ4n) is 0.651. The molecule has 1 heterocycles.